The third-order valence-electron chi connectivity index (χ3n) is 4.79. The fourth-order valence-corrected chi connectivity index (χ4v) is 3.31. The van der Waals surface area contributed by atoms with E-state index in [1.807, 2.05) is 6.92 Å². The molecule has 2 aromatic carbocycles. The second-order valence-electron chi connectivity index (χ2n) is 6.46. The van der Waals surface area contributed by atoms with Gasteiger partial charge in [-0.05, 0) is 49.4 Å². The number of halogens is 3. The zero-order chi connectivity index (χ0) is 18.7. The van der Waals surface area contributed by atoms with Crippen molar-refractivity contribution in [2.75, 3.05) is 36.4 Å². The highest BCUT2D eigenvalue weighted by atomic mass is 35.5. The fourth-order valence-electron chi connectivity index (χ4n) is 3.15. The summed E-state index contributed by atoms with van der Waals surface area (Å²) in [5.41, 5.74) is 1.11. The van der Waals surface area contributed by atoms with Crippen LogP contribution in [0.4, 0.5) is 20.2 Å². The number of rotatable bonds is 4. The molecule has 4 nitrogen and oxygen atoms in total. The zero-order valence-electron chi connectivity index (χ0n) is 14.4. The summed E-state index contributed by atoms with van der Waals surface area (Å²) in [4.78, 5) is 15.8. The summed E-state index contributed by atoms with van der Waals surface area (Å²) in [6.07, 6.45) is 0. The maximum atomic E-state index is 13.8. The van der Waals surface area contributed by atoms with Gasteiger partial charge < -0.3 is 15.1 Å². The highest BCUT2D eigenvalue weighted by Crippen LogP contribution is 2.19. The number of anilines is 2. The van der Waals surface area contributed by atoms with Gasteiger partial charge in [0.25, 0.3) is 5.91 Å². The SMILES string of the molecule is C[C@H](C(=O)Nc1ccc(Cl)cc1F)[NH+]1CCN(c2ccc(F)cc2)CC1. The number of nitrogens with one attached hydrogen (secondary N) is 2. The zero-order valence-corrected chi connectivity index (χ0v) is 15.2. The van der Waals surface area contributed by atoms with Gasteiger partial charge in [0, 0.05) is 10.7 Å². The van der Waals surface area contributed by atoms with Crippen molar-refractivity contribution in [2.24, 2.45) is 0 Å². The normalized spacial score (nSPS) is 16.4. The third-order valence-corrected chi connectivity index (χ3v) is 5.03. The van der Waals surface area contributed by atoms with E-state index in [1.54, 1.807) is 18.2 Å². The third kappa shape index (κ3) is 4.31. The number of quaternary nitrogens is 1. The lowest BCUT2D eigenvalue weighted by molar-refractivity contribution is -0.914. The standard InChI is InChI=1S/C19H20ClF2N3O/c1-13(19(26)23-18-7-2-14(20)12-17(18)22)24-8-10-25(11-9-24)16-5-3-15(21)4-6-16/h2-7,12-13H,8-11H2,1H3,(H,23,26)/p+1/t13-/m1/s1. The largest absolute Gasteiger partial charge is 0.360 e. The Morgan fingerprint density at radius 3 is 2.42 bits per heavy atom. The van der Waals surface area contributed by atoms with Gasteiger partial charge in [-0.2, -0.15) is 0 Å². The van der Waals surface area contributed by atoms with Crippen molar-refractivity contribution < 1.29 is 18.5 Å². The molecule has 0 unspecified atom stereocenters. The minimum Gasteiger partial charge on any atom is -0.360 e. The van der Waals surface area contributed by atoms with Crippen LogP contribution in [-0.2, 0) is 4.79 Å². The van der Waals surface area contributed by atoms with Gasteiger partial charge in [0.1, 0.15) is 11.6 Å². The van der Waals surface area contributed by atoms with Crippen molar-refractivity contribution in [3.05, 3.63) is 59.1 Å². The smallest absolute Gasteiger partial charge is 0.282 e. The molecule has 0 spiro atoms. The van der Waals surface area contributed by atoms with Gasteiger partial charge in [-0.3, -0.25) is 4.79 Å². The second-order valence-corrected chi connectivity index (χ2v) is 6.89. The van der Waals surface area contributed by atoms with E-state index in [0.29, 0.717) is 0 Å². The number of nitrogens with zero attached hydrogens (tertiary/aromatic N) is 1. The molecular weight excluding hydrogens is 360 g/mol. The topological polar surface area (TPSA) is 36.8 Å². The van der Waals surface area contributed by atoms with Crippen LogP contribution >= 0.6 is 11.6 Å². The van der Waals surface area contributed by atoms with E-state index in [4.69, 9.17) is 11.6 Å². The molecule has 138 valence electrons. The molecule has 0 bridgehead atoms. The summed E-state index contributed by atoms with van der Waals surface area (Å²) in [7, 11) is 0. The Bertz CT molecular complexity index is 777. The van der Waals surface area contributed by atoms with Crippen LogP contribution in [0.2, 0.25) is 5.02 Å². The van der Waals surface area contributed by atoms with Crippen LogP contribution in [0.5, 0.6) is 0 Å². The molecule has 1 aliphatic rings. The summed E-state index contributed by atoms with van der Waals surface area (Å²) in [5.74, 6) is -1.02. The van der Waals surface area contributed by atoms with Crippen molar-refractivity contribution in [3.8, 4) is 0 Å². The van der Waals surface area contributed by atoms with Crippen LogP contribution in [0, 0.1) is 11.6 Å². The Morgan fingerprint density at radius 2 is 1.81 bits per heavy atom. The lowest BCUT2D eigenvalue weighted by Crippen LogP contribution is -3.19. The monoisotopic (exact) mass is 380 g/mol. The molecule has 1 atom stereocenters. The Balaban J connectivity index is 1.56. The van der Waals surface area contributed by atoms with Gasteiger partial charge in [0.05, 0.1) is 31.9 Å². The molecule has 1 saturated heterocycles. The predicted octanol–water partition coefficient (Wildman–Crippen LogP) is 2.35. The van der Waals surface area contributed by atoms with Crippen LogP contribution < -0.4 is 15.1 Å². The summed E-state index contributed by atoms with van der Waals surface area (Å²) < 4.78 is 26.9. The first-order chi connectivity index (χ1) is 12.4. The Hall–Kier alpha value is -2.18. The van der Waals surface area contributed by atoms with Crippen molar-refractivity contribution in [2.45, 2.75) is 13.0 Å². The molecule has 1 aliphatic heterocycles. The van der Waals surface area contributed by atoms with Gasteiger partial charge in [-0.25, -0.2) is 8.78 Å². The van der Waals surface area contributed by atoms with Crippen LogP contribution in [0.1, 0.15) is 6.92 Å². The number of carbonyl (C=O) groups is 1. The van der Waals surface area contributed by atoms with E-state index < -0.39 is 5.82 Å². The molecule has 0 radical (unpaired) electrons. The van der Waals surface area contributed by atoms with Gasteiger partial charge in [-0.15, -0.1) is 0 Å². The maximum absolute atomic E-state index is 13.8. The average Bonchev–Trinajstić information content (AvgIpc) is 2.64. The van der Waals surface area contributed by atoms with Crippen LogP contribution in [0.15, 0.2) is 42.5 Å². The molecule has 7 heteroatoms. The number of piperazine rings is 1. The van der Waals surface area contributed by atoms with E-state index in [-0.39, 0.29) is 28.5 Å². The number of hydrogen-bond donors (Lipinski definition) is 2. The Morgan fingerprint density at radius 1 is 1.15 bits per heavy atom. The van der Waals surface area contributed by atoms with Crippen LogP contribution in [-0.4, -0.2) is 38.1 Å². The van der Waals surface area contributed by atoms with Gasteiger partial charge in [-0.1, -0.05) is 11.6 Å². The predicted molar refractivity (Wildman–Crippen MR) is 98.8 cm³/mol. The minimum atomic E-state index is -0.547. The molecular formula is C19H21ClF2N3O+. The number of hydrogen-bond acceptors (Lipinski definition) is 2. The molecule has 2 aromatic rings. The summed E-state index contributed by atoms with van der Waals surface area (Å²) in [6.45, 7) is 4.93. The molecule has 2 N–H and O–H groups in total. The maximum Gasteiger partial charge on any atom is 0.282 e. The van der Waals surface area contributed by atoms with E-state index in [9.17, 15) is 13.6 Å². The number of carbonyl (C=O) groups excluding carboxylic acids is 1. The number of benzene rings is 2. The van der Waals surface area contributed by atoms with Gasteiger partial charge in [0.2, 0.25) is 0 Å². The lowest BCUT2D eigenvalue weighted by Gasteiger charge is -2.36. The van der Waals surface area contributed by atoms with Crippen molar-refractivity contribution in [3.63, 3.8) is 0 Å². The first-order valence-electron chi connectivity index (χ1n) is 8.55. The van der Waals surface area contributed by atoms with Crippen LogP contribution in [0.3, 0.4) is 0 Å². The van der Waals surface area contributed by atoms with Gasteiger partial charge >= 0.3 is 0 Å². The molecule has 26 heavy (non-hydrogen) atoms. The lowest BCUT2D eigenvalue weighted by atomic mass is 10.2. The first kappa shape index (κ1) is 18.6. The molecule has 1 fully saturated rings. The highest BCUT2D eigenvalue weighted by molar-refractivity contribution is 6.30. The average molecular weight is 381 g/mol. The quantitative estimate of drug-likeness (QED) is 0.854. The summed E-state index contributed by atoms with van der Waals surface area (Å²) in [6, 6.07) is 10.3. The highest BCUT2D eigenvalue weighted by Gasteiger charge is 2.29. The second kappa shape index (κ2) is 8.01. The van der Waals surface area contributed by atoms with Crippen molar-refractivity contribution >= 4 is 28.9 Å². The molecule has 1 amide bonds. The first-order valence-corrected chi connectivity index (χ1v) is 8.93. The minimum absolute atomic E-state index is 0.135. The molecule has 1 heterocycles. The summed E-state index contributed by atoms with van der Waals surface area (Å²) >= 11 is 5.73. The fraction of sp³-hybridized carbons (Fsp3) is 0.316. The van der Waals surface area contributed by atoms with Crippen molar-refractivity contribution in [1.29, 1.82) is 0 Å². The molecule has 0 saturated carbocycles. The van der Waals surface area contributed by atoms with E-state index in [1.165, 1.54) is 24.3 Å². The molecule has 0 aliphatic carbocycles. The van der Waals surface area contributed by atoms with Crippen molar-refractivity contribution in [1.82, 2.24) is 0 Å². The summed E-state index contributed by atoms with van der Waals surface area (Å²) in [5, 5.41) is 2.92. The molecule has 0 aromatic heterocycles. The van der Waals surface area contributed by atoms with Gasteiger partial charge in [0.15, 0.2) is 6.04 Å². The van der Waals surface area contributed by atoms with Crippen LogP contribution in [0.25, 0.3) is 0 Å². The molecule has 3 rings (SSSR count). The van der Waals surface area contributed by atoms with E-state index in [0.717, 1.165) is 36.8 Å². The number of amides is 1. The van der Waals surface area contributed by atoms with E-state index in [2.05, 4.69) is 10.2 Å². The Labute approximate surface area is 156 Å². The van der Waals surface area contributed by atoms with E-state index >= 15 is 0 Å². The Kier molecular flexibility index (Phi) is 5.74.